The summed E-state index contributed by atoms with van der Waals surface area (Å²) in [4.78, 5) is 14.3. The van der Waals surface area contributed by atoms with Gasteiger partial charge in [0.1, 0.15) is 0 Å². The molecule has 3 rings (SSSR count). The molecule has 0 spiro atoms. The standard InChI is InChI=1S/C13H17N5O/c1-9-10(8-17(2)16-9)6-13(19)18-5-3-4-11-12(18)7-14-15-11/h7-8H,3-6H2,1-2H3,(H,14,15). The second-order valence-electron chi connectivity index (χ2n) is 4.97. The van der Waals surface area contributed by atoms with E-state index in [9.17, 15) is 4.79 Å². The zero-order valence-electron chi connectivity index (χ0n) is 11.2. The van der Waals surface area contributed by atoms with E-state index in [1.807, 2.05) is 25.1 Å². The lowest BCUT2D eigenvalue weighted by Gasteiger charge is -2.26. The Balaban J connectivity index is 1.81. The number of nitrogens with zero attached hydrogens (tertiary/aromatic N) is 4. The van der Waals surface area contributed by atoms with Gasteiger partial charge in [0, 0.05) is 25.4 Å². The molecule has 2 aromatic rings. The Bertz CT molecular complexity index is 612. The maximum atomic E-state index is 12.4. The SMILES string of the molecule is Cc1nn(C)cc1CC(=O)N1CCCc2[nH]ncc21. The first-order valence-electron chi connectivity index (χ1n) is 6.47. The molecule has 0 atom stereocenters. The second kappa shape index (κ2) is 4.53. The largest absolute Gasteiger partial charge is 0.309 e. The van der Waals surface area contributed by atoms with E-state index in [1.165, 1.54) is 0 Å². The van der Waals surface area contributed by atoms with Gasteiger partial charge in [-0.15, -0.1) is 0 Å². The predicted molar refractivity (Wildman–Crippen MR) is 70.9 cm³/mol. The monoisotopic (exact) mass is 259 g/mol. The summed E-state index contributed by atoms with van der Waals surface area (Å²) in [6.45, 7) is 2.70. The molecule has 0 saturated heterocycles. The van der Waals surface area contributed by atoms with Gasteiger partial charge in [0.2, 0.25) is 5.91 Å². The van der Waals surface area contributed by atoms with Crippen molar-refractivity contribution in [1.29, 1.82) is 0 Å². The molecule has 1 N–H and O–H groups in total. The minimum absolute atomic E-state index is 0.110. The lowest BCUT2D eigenvalue weighted by Crippen LogP contribution is -2.36. The Morgan fingerprint density at radius 1 is 1.53 bits per heavy atom. The van der Waals surface area contributed by atoms with Crippen molar-refractivity contribution in [2.75, 3.05) is 11.4 Å². The summed E-state index contributed by atoms with van der Waals surface area (Å²) in [5.41, 5.74) is 3.89. The third-order valence-corrected chi connectivity index (χ3v) is 3.55. The number of carbonyl (C=O) groups excluding carboxylic acids is 1. The topological polar surface area (TPSA) is 66.8 Å². The van der Waals surface area contributed by atoms with Crippen molar-refractivity contribution in [3.8, 4) is 0 Å². The number of hydrogen-bond acceptors (Lipinski definition) is 3. The minimum Gasteiger partial charge on any atom is -0.309 e. The zero-order chi connectivity index (χ0) is 13.4. The fourth-order valence-corrected chi connectivity index (χ4v) is 2.60. The zero-order valence-corrected chi connectivity index (χ0v) is 11.2. The molecule has 1 aliphatic heterocycles. The lowest BCUT2D eigenvalue weighted by atomic mass is 10.1. The summed E-state index contributed by atoms with van der Waals surface area (Å²) in [5.74, 6) is 0.110. The van der Waals surface area contributed by atoms with E-state index >= 15 is 0 Å². The van der Waals surface area contributed by atoms with Crippen molar-refractivity contribution in [1.82, 2.24) is 20.0 Å². The van der Waals surface area contributed by atoms with Crippen molar-refractivity contribution in [2.45, 2.75) is 26.2 Å². The number of anilines is 1. The number of aromatic nitrogens is 4. The third-order valence-electron chi connectivity index (χ3n) is 3.55. The van der Waals surface area contributed by atoms with Crippen molar-refractivity contribution in [2.24, 2.45) is 7.05 Å². The van der Waals surface area contributed by atoms with Gasteiger partial charge in [0.05, 0.1) is 29.7 Å². The fourth-order valence-electron chi connectivity index (χ4n) is 2.60. The minimum atomic E-state index is 0.110. The molecular formula is C13H17N5O. The molecule has 0 bridgehead atoms. The molecule has 19 heavy (non-hydrogen) atoms. The van der Waals surface area contributed by atoms with Gasteiger partial charge >= 0.3 is 0 Å². The summed E-state index contributed by atoms with van der Waals surface area (Å²) in [5, 5.41) is 11.3. The molecular weight excluding hydrogens is 242 g/mol. The molecule has 3 heterocycles. The van der Waals surface area contributed by atoms with Crippen LogP contribution in [0.15, 0.2) is 12.4 Å². The Hall–Kier alpha value is -2.11. The Morgan fingerprint density at radius 3 is 3.11 bits per heavy atom. The molecule has 6 heteroatoms. The number of fused-ring (bicyclic) bond motifs is 1. The van der Waals surface area contributed by atoms with Crippen LogP contribution >= 0.6 is 0 Å². The van der Waals surface area contributed by atoms with Gasteiger partial charge in [-0.2, -0.15) is 10.2 Å². The summed E-state index contributed by atoms with van der Waals surface area (Å²) in [6.07, 6.45) is 5.98. The van der Waals surface area contributed by atoms with Crippen molar-refractivity contribution in [3.63, 3.8) is 0 Å². The molecule has 0 saturated carbocycles. The first-order valence-corrected chi connectivity index (χ1v) is 6.47. The van der Waals surface area contributed by atoms with Gasteiger partial charge in [-0.3, -0.25) is 14.6 Å². The first kappa shape index (κ1) is 12.0. The van der Waals surface area contributed by atoms with Gasteiger partial charge in [-0.25, -0.2) is 0 Å². The Kier molecular flexibility index (Phi) is 2.85. The number of aromatic amines is 1. The fraction of sp³-hybridized carbons (Fsp3) is 0.462. The summed E-state index contributed by atoms with van der Waals surface area (Å²) < 4.78 is 1.75. The third kappa shape index (κ3) is 2.14. The number of H-pyrrole nitrogens is 1. The molecule has 100 valence electrons. The molecule has 6 nitrogen and oxygen atoms in total. The van der Waals surface area contributed by atoms with Gasteiger partial charge in [0.15, 0.2) is 0 Å². The molecule has 0 fully saturated rings. The van der Waals surface area contributed by atoms with Crippen molar-refractivity contribution in [3.05, 3.63) is 29.3 Å². The van der Waals surface area contributed by atoms with Crippen LogP contribution in [0.5, 0.6) is 0 Å². The van der Waals surface area contributed by atoms with Crippen molar-refractivity contribution >= 4 is 11.6 Å². The number of rotatable bonds is 2. The highest BCUT2D eigenvalue weighted by molar-refractivity contribution is 5.95. The van der Waals surface area contributed by atoms with Crippen molar-refractivity contribution < 1.29 is 4.79 Å². The van der Waals surface area contributed by atoms with Crippen LogP contribution < -0.4 is 4.90 Å². The number of amides is 1. The van der Waals surface area contributed by atoms with Gasteiger partial charge in [0.25, 0.3) is 0 Å². The van der Waals surface area contributed by atoms with Crippen LogP contribution in [-0.2, 0) is 24.7 Å². The number of nitrogens with one attached hydrogen (secondary N) is 1. The maximum absolute atomic E-state index is 12.4. The van der Waals surface area contributed by atoms with Crippen LogP contribution in [0.3, 0.4) is 0 Å². The number of aryl methyl sites for hydroxylation is 3. The van der Waals surface area contributed by atoms with Crippen LogP contribution in [-0.4, -0.2) is 32.4 Å². The van der Waals surface area contributed by atoms with Crippen LogP contribution in [0.1, 0.15) is 23.4 Å². The van der Waals surface area contributed by atoms with Crippen LogP contribution in [0.2, 0.25) is 0 Å². The molecule has 0 aromatic carbocycles. The van der Waals surface area contributed by atoms with Gasteiger partial charge in [-0.1, -0.05) is 0 Å². The highest BCUT2D eigenvalue weighted by Crippen LogP contribution is 2.25. The van der Waals surface area contributed by atoms with Crippen LogP contribution in [0.4, 0.5) is 5.69 Å². The van der Waals surface area contributed by atoms with E-state index in [2.05, 4.69) is 15.3 Å². The maximum Gasteiger partial charge on any atom is 0.231 e. The number of hydrogen-bond donors (Lipinski definition) is 1. The van der Waals surface area contributed by atoms with Gasteiger partial charge < -0.3 is 4.90 Å². The highest BCUT2D eigenvalue weighted by Gasteiger charge is 2.24. The molecule has 1 amide bonds. The summed E-state index contributed by atoms with van der Waals surface area (Å²) in [6, 6.07) is 0. The quantitative estimate of drug-likeness (QED) is 0.874. The predicted octanol–water partition coefficient (Wildman–Crippen LogP) is 0.974. The normalized spacial score (nSPS) is 14.5. The molecule has 0 radical (unpaired) electrons. The lowest BCUT2D eigenvalue weighted by molar-refractivity contribution is -0.118. The Morgan fingerprint density at radius 2 is 2.37 bits per heavy atom. The van der Waals surface area contributed by atoms with E-state index in [0.29, 0.717) is 6.42 Å². The van der Waals surface area contributed by atoms with E-state index in [-0.39, 0.29) is 5.91 Å². The highest BCUT2D eigenvalue weighted by atomic mass is 16.2. The molecule has 1 aliphatic rings. The average Bonchev–Trinajstić information content (AvgIpc) is 2.95. The molecule has 0 aliphatic carbocycles. The first-order chi connectivity index (χ1) is 9.15. The smallest absolute Gasteiger partial charge is 0.231 e. The van der Waals surface area contributed by atoms with E-state index in [0.717, 1.165) is 42.0 Å². The van der Waals surface area contributed by atoms with Crippen LogP contribution in [0.25, 0.3) is 0 Å². The van der Waals surface area contributed by atoms with E-state index < -0.39 is 0 Å². The molecule has 0 unspecified atom stereocenters. The van der Waals surface area contributed by atoms with E-state index in [1.54, 1.807) is 10.9 Å². The van der Waals surface area contributed by atoms with Gasteiger partial charge in [-0.05, 0) is 19.8 Å². The van der Waals surface area contributed by atoms with E-state index in [4.69, 9.17) is 0 Å². The summed E-state index contributed by atoms with van der Waals surface area (Å²) in [7, 11) is 1.87. The molecule has 2 aromatic heterocycles. The number of carbonyl (C=O) groups is 1. The average molecular weight is 259 g/mol. The van der Waals surface area contributed by atoms with Crippen LogP contribution in [0, 0.1) is 6.92 Å². The summed E-state index contributed by atoms with van der Waals surface area (Å²) >= 11 is 0. The second-order valence-corrected chi connectivity index (χ2v) is 4.97. The Labute approximate surface area is 111 Å².